The van der Waals surface area contributed by atoms with Crippen LogP contribution >= 0.6 is 0 Å². The van der Waals surface area contributed by atoms with E-state index in [2.05, 4.69) is 17.1 Å². The predicted octanol–water partition coefficient (Wildman–Crippen LogP) is 1.63. The van der Waals surface area contributed by atoms with Crippen molar-refractivity contribution < 1.29 is 4.74 Å². The Labute approximate surface area is 99.5 Å². The van der Waals surface area contributed by atoms with Crippen molar-refractivity contribution in [1.29, 1.82) is 0 Å². The fraction of sp³-hybridized carbons (Fsp3) is 1.00. The summed E-state index contributed by atoms with van der Waals surface area (Å²) in [6.07, 6.45) is 7.06. The lowest BCUT2D eigenvalue weighted by molar-refractivity contribution is 0.0981. The van der Waals surface area contributed by atoms with Gasteiger partial charge in [0.15, 0.2) is 0 Å². The van der Waals surface area contributed by atoms with Gasteiger partial charge in [0.25, 0.3) is 0 Å². The lowest BCUT2D eigenvalue weighted by Crippen LogP contribution is -2.46. The van der Waals surface area contributed by atoms with Gasteiger partial charge in [0, 0.05) is 32.3 Å². The zero-order valence-electron chi connectivity index (χ0n) is 10.7. The lowest BCUT2D eigenvalue weighted by Gasteiger charge is -2.30. The van der Waals surface area contributed by atoms with Crippen LogP contribution in [0.2, 0.25) is 0 Å². The van der Waals surface area contributed by atoms with Gasteiger partial charge >= 0.3 is 0 Å². The molecule has 3 atom stereocenters. The van der Waals surface area contributed by atoms with Gasteiger partial charge in [-0.1, -0.05) is 13.3 Å². The van der Waals surface area contributed by atoms with Crippen LogP contribution in [0.15, 0.2) is 0 Å². The molecule has 2 aliphatic rings. The number of rotatable bonds is 5. The Morgan fingerprint density at radius 3 is 2.88 bits per heavy atom. The summed E-state index contributed by atoms with van der Waals surface area (Å²) in [4.78, 5) is 2.65. The van der Waals surface area contributed by atoms with Crippen LogP contribution < -0.4 is 5.32 Å². The molecular formula is C13H26N2O. The first-order chi connectivity index (χ1) is 7.85. The first kappa shape index (κ1) is 12.3. The average molecular weight is 226 g/mol. The second kappa shape index (κ2) is 5.99. The zero-order chi connectivity index (χ0) is 11.4. The summed E-state index contributed by atoms with van der Waals surface area (Å²) >= 11 is 0. The molecule has 3 unspecified atom stereocenters. The molecule has 1 saturated carbocycles. The van der Waals surface area contributed by atoms with Crippen molar-refractivity contribution in [2.24, 2.45) is 0 Å². The van der Waals surface area contributed by atoms with Gasteiger partial charge in [-0.2, -0.15) is 0 Å². The average Bonchev–Trinajstić information content (AvgIpc) is 2.94. The summed E-state index contributed by atoms with van der Waals surface area (Å²) in [6.45, 7) is 5.79. The van der Waals surface area contributed by atoms with Crippen LogP contribution in [0, 0.1) is 0 Å². The molecule has 3 heteroatoms. The third-order valence-electron chi connectivity index (χ3n) is 4.11. The van der Waals surface area contributed by atoms with Gasteiger partial charge in [0.1, 0.15) is 0 Å². The van der Waals surface area contributed by atoms with E-state index in [4.69, 9.17) is 4.74 Å². The summed E-state index contributed by atoms with van der Waals surface area (Å²) in [6, 6.07) is 1.50. The Hall–Kier alpha value is -0.120. The molecule has 0 aromatic heterocycles. The van der Waals surface area contributed by atoms with Gasteiger partial charge in [-0.3, -0.25) is 4.90 Å². The first-order valence-electron chi connectivity index (χ1n) is 6.85. The smallest absolute Gasteiger partial charge is 0.0710 e. The minimum Gasteiger partial charge on any atom is -0.380 e. The van der Waals surface area contributed by atoms with Crippen molar-refractivity contribution in [1.82, 2.24) is 10.2 Å². The molecule has 0 amide bonds. The Balaban J connectivity index is 1.83. The zero-order valence-corrected chi connectivity index (χ0v) is 10.7. The summed E-state index contributed by atoms with van der Waals surface area (Å²) in [5.41, 5.74) is 0. The van der Waals surface area contributed by atoms with E-state index in [1.807, 2.05) is 7.11 Å². The molecule has 16 heavy (non-hydrogen) atoms. The minimum absolute atomic E-state index is 0.479. The monoisotopic (exact) mass is 226 g/mol. The molecule has 2 fully saturated rings. The highest BCUT2D eigenvalue weighted by Crippen LogP contribution is 2.27. The molecule has 1 saturated heterocycles. The Kier molecular flexibility index (Phi) is 4.62. The molecule has 0 spiro atoms. The Bertz CT molecular complexity index is 210. The van der Waals surface area contributed by atoms with E-state index in [-0.39, 0.29) is 0 Å². The summed E-state index contributed by atoms with van der Waals surface area (Å²) < 4.78 is 5.46. The first-order valence-corrected chi connectivity index (χ1v) is 6.85. The molecule has 1 aliphatic heterocycles. The van der Waals surface area contributed by atoms with Crippen LogP contribution in [0.5, 0.6) is 0 Å². The summed E-state index contributed by atoms with van der Waals surface area (Å²) in [5.74, 6) is 0. The molecule has 3 nitrogen and oxygen atoms in total. The maximum absolute atomic E-state index is 5.46. The highest BCUT2D eigenvalue weighted by molar-refractivity contribution is 4.93. The van der Waals surface area contributed by atoms with Crippen molar-refractivity contribution in [2.45, 2.75) is 57.2 Å². The van der Waals surface area contributed by atoms with Crippen molar-refractivity contribution >= 4 is 0 Å². The maximum atomic E-state index is 5.46. The van der Waals surface area contributed by atoms with Crippen LogP contribution in [0.3, 0.4) is 0 Å². The summed E-state index contributed by atoms with van der Waals surface area (Å²) in [5, 5.41) is 3.71. The van der Waals surface area contributed by atoms with E-state index in [1.54, 1.807) is 0 Å². The summed E-state index contributed by atoms with van der Waals surface area (Å²) in [7, 11) is 1.84. The number of methoxy groups -OCH3 is 1. The van der Waals surface area contributed by atoms with Crippen LogP contribution in [0.1, 0.15) is 39.0 Å². The molecule has 2 rings (SSSR count). The number of ether oxygens (including phenoxy) is 1. The molecule has 1 heterocycles. The highest BCUT2D eigenvalue weighted by atomic mass is 16.5. The molecule has 1 N–H and O–H groups in total. The van der Waals surface area contributed by atoms with Gasteiger partial charge in [0.05, 0.1) is 6.10 Å². The lowest BCUT2D eigenvalue weighted by atomic mass is 10.1. The van der Waals surface area contributed by atoms with Crippen LogP contribution in [0.4, 0.5) is 0 Å². The van der Waals surface area contributed by atoms with Gasteiger partial charge < -0.3 is 10.1 Å². The van der Waals surface area contributed by atoms with E-state index in [1.165, 1.54) is 45.2 Å². The van der Waals surface area contributed by atoms with E-state index in [0.717, 1.165) is 18.6 Å². The highest BCUT2D eigenvalue weighted by Gasteiger charge is 2.35. The fourth-order valence-electron chi connectivity index (χ4n) is 3.19. The standard InChI is InChI=1S/C13H26N2O/c1-3-8-14-12-5-4-6-13(12)15-9-7-11(10-15)16-2/h11-14H,3-10H2,1-2H3. The molecule has 1 aliphatic carbocycles. The second-order valence-electron chi connectivity index (χ2n) is 5.20. The predicted molar refractivity (Wildman–Crippen MR) is 66.7 cm³/mol. The number of likely N-dealkylation sites (tertiary alicyclic amines) is 1. The van der Waals surface area contributed by atoms with Gasteiger partial charge in [-0.25, -0.2) is 0 Å². The van der Waals surface area contributed by atoms with Crippen LogP contribution in [0.25, 0.3) is 0 Å². The molecule has 0 bridgehead atoms. The number of hydrogen-bond donors (Lipinski definition) is 1. The van der Waals surface area contributed by atoms with Gasteiger partial charge in [-0.05, 0) is 32.2 Å². The third kappa shape index (κ3) is 2.76. The van der Waals surface area contributed by atoms with Crippen LogP contribution in [-0.4, -0.2) is 49.8 Å². The molecule has 0 radical (unpaired) electrons. The molecule has 94 valence electrons. The topological polar surface area (TPSA) is 24.5 Å². The number of hydrogen-bond acceptors (Lipinski definition) is 3. The van der Waals surface area contributed by atoms with Crippen molar-refractivity contribution in [3.05, 3.63) is 0 Å². The Morgan fingerprint density at radius 2 is 2.19 bits per heavy atom. The van der Waals surface area contributed by atoms with Gasteiger partial charge in [-0.15, -0.1) is 0 Å². The second-order valence-corrected chi connectivity index (χ2v) is 5.20. The van der Waals surface area contributed by atoms with E-state index >= 15 is 0 Å². The van der Waals surface area contributed by atoms with E-state index in [0.29, 0.717) is 6.10 Å². The number of nitrogens with one attached hydrogen (secondary N) is 1. The Morgan fingerprint density at radius 1 is 1.31 bits per heavy atom. The van der Waals surface area contributed by atoms with E-state index in [9.17, 15) is 0 Å². The molecule has 0 aromatic rings. The third-order valence-corrected chi connectivity index (χ3v) is 4.11. The fourth-order valence-corrected chi connectivity index (χ4v) is 3.19. The van der Waals surface area contributed by atoms with Crippen molar-refractivity contribution in [2.75, 3.05) is 26.7 Å². The number of nitrogens with zero attached hydrogens (tertiary/aromatic N) is 1. The molecule has 0 aromatic carbocycles. The van der Waals surface area contributed by atoms with Crippen molar-refractivity contribution in [3.63, 3.8) is 0 Å². The van der Waals surface area contributed by atoms with Crippen LogP contribution in [-0.2, 0) is 4.74 Å². The van der Waals surface area contributed by atoms with Gasteiger partial charge in [0.2, 0.25) is 0 Å². The largest absolute Gasteiger partial charge is 0.380 e. The normalized spacial score (nSPS) is 36.0. The van der Waals surface area contributed by atoms with Crippen molar-refractivity contribution in [3.8, 4) is 0 Å². The SMILES string of the molecule is CCCNC1CCCC1N1CCC(OC)C1. The minimum atomic E-state index is 0.479. The molecular weight excluding hydrogens is 200 g/mol. The van der Waals surface area contributed by atoms with E-state index < -0.39 is 0 Å². The maximum Gasteiger partial charge on any atom is 0.0710 e. The quantitative estimate of drug-likeness (QED) is 0.771.